The molecule has 17 heavy (non-hydrogen) atoms. The molecule has 1 aromatic heterocycles. The lowest BCUT2D eigenvalue weighted by Crippen LogP contribution is -2.28. The minimum Gasteiger partial charge on any atom is -0.398 e. The molecule has 3 N–H and O–H groups in total. The fourth-order valence-electron chi connectivity index (χ4n) is 2.03. The van der Waals surface area contributed by atoms with Crippen molar-refractivity contribution in [2.75, 3.05) is 25.4 Å². The van der Waals surface area contributed by atoms with Crippen LogP contribution in [-0.2, 0) is 10.0 Å². The van der Waals surface area contributed by atoms with E-state index in [1.807, 2.05) is 0 Å². The number of hydrogen-bond acceptors (Lipinski definition) is 5. The van der Waals surface area contributed by atoms with Crippen molar-refractivity contribution in [2.45, 2.75) is 17.1 Å². The van der Waals surface area contributed by atoms with Gasteiger partial charge in [-0.15, -0.1) is 11.3 Å². The molecule has 2 heterocycles. The van der Waals surface area contributed by atoms with Crippen molar-refractivity contribution in [3.05, 3.63) is 11.4 Å². The third-order valence-electron chi connectivity index (χ3n) is 2.98. The van der Waals surface area contributed by atoms with Crippen molar-refractivity contribution in [2.24, 2.45) is 5.92 Å². The maximum atomic E-state index is 12.2. The molecule has 0 aromatic carbocycles. The molecule has 1 fully saturated rings. The zero-order valence-electron chi connectivity index (χ0n) is 9.37. The number of sulfonamides is 1. The Kier molecular flexibility index (Phi) is 3.72. The van der Waals surface area contributed by atoms with Crippen LogP contribution in [0.2, 0.25) is 0 Å². The molecule has 1 unspecified atom stereocenters. The van der Waals surface area contributed by atoms with Gasteiger partial charge in [0.15, 0.2) is 0 Å². The Morgan fingerprint density at radius 3 is 2.94 bits per heavy atom. The van der Waals surface area contributed by atoms with Gasteiger partial charge in [-0.3, -0.25) is 0 Å². The van der Waals surface area contributed by atoms with Crippen LogP contribution in [0.5, 0.6) is 0 Å². The fourth-order valence-corrected chi connectivity index (χ4v) is 4.79. The number of nitrogen functional groups attached to an aromatic ring is 1. The van der Waals surface area contributed by atoms with Crippen LogP contribution in [-0.4, -0.2) is 37.5 Å². The highest BCUT2D eigenvalue weighted by Crippen LogP contribution is 2.29. The summed E-state index contributed by atoms with van der Waals surface area (Å²) in [6.07, 6.45) is 1.49. The minimum atomic E-state index is -3.38. The zero-order valence-corrected chi connectivity index (χ0v) is 11.0. The first-order valence-corrected chi connectivity index (χ1v) is 7.81. The van der Waals surface area contributed by atoms with E-state index in [1.165, 1.54) is 10.4 Å². The van der Waals surface area contributed by atoms with Crippen LogP contribution in [0.25, 0.3) is 0 Å². The van der Waals surface area contributed by atoms with E-state index in [-0.39, 0.29) is 12.5 Å². The number of thiophene rings is 1. The van der Waals surface area contributed by atoms with Crippen LogP contribution in [0.4, 0.5) is 5.69 Å². The van der Waals surface area contributed by atoms with Gasteiger partial charge in [0.2, 0.25) is 0 Å². The number of rotatable bonds is 4. The van der Waals surface area contributed by atoms with Gasteiger partial charge < -0.3 is 10.8 Å². The molecule has 0 spiro atoms. The molecule has 96 valence electrons. The van der Waals surface area contributed by atoms with Crippen LogP contribution in [0.3, 0.4) is 0 Å². The Labute approximate surface area is 105 Å². The molecule has 1 aliphatic rings. The summed E-state index contributed by atoms with van der Waals surface area (Å²) in [6.45, 7) is 1.15. The molecule has 1 aliphatic heterocycles. The first-order chi connectivity index (χ1) is 8.04. The van der Waals surface area contributed by atoms with Crippen molar-refractivity contribution in [3.8, 4) is 0 Å². The van der Waals surface area contributed by atoms with E-state index in [2.05, 4.69) is 0 Å². The van der Waals surface area contributed by atoms with Crippen LogP contribution < -0.4 is 5.73 Å². The van der Waals surface area contributed by atoms with Crippen LogP contribution >= 0.6 is 11.3 Å². The van der Waals surface area contributed by atoms with Crippen molar-refractivity contribution >= 4 is 27.0 Å². The van der Waals surface area contributed by atoms with Gasteiger partial charge in [-0.1, -0.05) is 0 Å². The molecule has 1 atom stereocenters. The predicted octanol–water partition coefficient (Wildman–Crippen LogP) is 0.723. The zero-order chi connectivity index (χ0) is 12.5. The van der Waals surface area contributed by atoms with E-state index in [0.717, 1.165) is 17.8 Å². The van der Waals surface area contributed by atoms with Gasteiger partial charge in [0.25, 0.3) is 10.0 Å². The van der Waals surface area contributed by atoms with Gasteiger partial charge in [-0.25, -0.2) is 8.42 Å². The first-order valence-electron chi connectivity index (χ1n) is 5.49. The maximum absolute atomic E-state index is 12.2. The van der Waals surface area contributed by atoms with Crippen LogP contribution in [0.1, 0.15) is 12.8 Å². The molecular formula is C10H16N2O3S2. The van der Waals surface area contributed by atoms with Crippen LogP contribution in [0, 0.1) is 5.92 Å². The SMILES string of the molecule is Nc1csc(S(=O)(=O)N2CCC(CCO)C2)c1. The molecule has 0 saturated carbocycles. The van der Waals surface area contributed by atoms with Gasteiger partial charge >= 0.3 is 0 Å². The highest BCUT2D eigenvalue weighted by molar-refractivity contribution is 7.91. The van der Waals surface area contributed by atoms with E-state index in [9.17, 15) is 8.42 Å². The molecule has 1 saturated heterocycles. The largest absolute Gasteiger partial charge is 0.398 e. The molecular weight excluding hydrogens is 260 g/mol. The van der Waals surface area contributed by atoms with Gasteiger partial charge in [0.1, 0.15) is 4.21 Å². The fraction of sp³-hybridized carbons (Fsp3) is 0.600. The average molecular weight is 276 g/mol. The highest BCUT2D eigenvalue weighted by atomic mass is 32.2. The third-order valence-corrected chi connectivity index (χ3v) is 6.27. The van der Waals surface area contributed by atoms with Crippen molar-refractivity contribution < 1.29 is 13.5 Å². The second-order valence-corrected chi connectivity index (χ2v) is 7.31. The summed E-state index contributed by atoms with van der Waals surface area (Å²) in [4.78, 5) is 0. The van der Waals surface area contributed by atoms with Crippen molar-refractivity contribution in [3.63, 3.8) is 0 Å². The van der Waals surface area contributed by atoms with Crippen molar-refractivity contribution in [1.29, 1.82) is 0 Å². The van der Waals surface area contributed by atoms with Gasteiger partial charge in [0.05, 0.1) is 0 Å². The number of hydrogen-bond donors (Lipinski definition) is 2. The van der Waals surface area contributed by atoms with Crippen molar-refractivity contribution in [1.82, 2.24) is 4.31 Å². The number of nitrogens with two attached hydrogens (primary N) is 1. The molecule has 0 radical (unpaired) electrons. The first kappa shape index (κ1) is 12.8. The quantitative estimate of drug-likeness (QED) is 0.849. The Hall–Kier alpha value is -0.630. The summed E-state index contributed by atoms with van der Waals surface area (Å²) in [5, 5.41) is 10.5. The molecule has 1 aromatic rings. The van der Waals surface area contributed by atoms with Gasteiger partial charge in [0, 0.05) is 30.8 Å². The summed E-state index contributed by atoms with van der Waals surface area (Å²) in [5.74, 6) is 0.270. The Balaban J connectivity index is 2.13. The molecule has 0 amide bonds. The molecule has 2 rings (SSSR count). The Morgan fingerprint density at radius 2 is 2.35 bits per heavy atom. The summed E-state index contributed by atoms with van der Waals surface area (Å²) in [7, 11) is -3.38. The average Bonchev–Trinajstić information content (AvgIpc) is 2.88. The van der Waals surface area contributed by atoms with Gasteiger partial charge in [-0.2, -0.15) is 4.31 Å². The summed E-state index contributed by atoms with van der Waals surface area (Å²) in [5.41, 5.74) is 6.03. The lowest BCUT2D eigenvalue weighted by Gasteiger charge is -2.14. The summed E-state index contributed by atoms with van der Waals surface area (Å²) < 4.78 is 26.2. The second-order valence-electron chi connectivity index (χ2n) is 4.23. The summed E-state index contributed by atoms with van der Waals surface area (Å²) >= 11 is 1.15. The molecule has 7 heteroatoms. The number of anilines is 1. The maximum Gasteiger partial charge on any atom is 0.252 e. The Bertz CT molecular complexity index is 483. The third kappa shape index (κ3) is 2.62. The lowest BCUT2D eigenvalue weighted by atomic mass is 10.1. The van der Waals surface area contributed by atoms with E-state index >= 15 is 0 Å². The van der Waals surface area contributed by atoms with Crippen LogP contribution in [0.15, 0.2) is 15.7 Å². The normalized spacial score (nSPS) is 22.1. The Morgan fingerprint density at radius 1 is 1.59 bits per heavy atom. The lowest BCUT2D eigenvalue weighted by molar-refractivity contribution is 0.260. The van der Waals surface area contributed by atoms with E-state index in [1.54, 1.807) is 5.38 Å². The topological polar surface area (TPSA) is 83.6 Å². The number of nitrogens with zero attached hydrogens (tertiary/aromatic N) is 1. The minimum absolute atomic E-state index is 0.116. The highest BCUT2D eigenvalue weighted by Gasteiger charge is 2.32. The predicted molar refractivity (Wildman–Crippen MR) is 67.3 cm³/mol. The number of aliphatic hydroxyl groups excluding tert-OH is 1. The van der Waals surface area contributed by atoms with Gasteiger partial charge in [-0.05, 0) is 24.8 Å². The summed E-state index contributed by atoms with van der Waals surface area (Å²) in [6, 6.07) is 1.50. The van der Waals surface area contributed by atoms with E-state index in [4.69, 9.17) is 10.8 Å². The monoisotopic (exact) mass is 276 g/mol. The van der Waals surface area contributed by atoms with E-state index in [0.29, 0.717) is 29.4 Å². The molecule has 5 nitrogen and oxygen atoms in total. The number of aliphatic hydroxyl groups is 1. The molecule has 0 aliphatic carbocycles. The smallest absolute Gasteiger partial charge is 0.252 e. The standard InChI is InChI=1S/C10H16N2O3S2/c11-9-5-10(16-7-9)17(14,15)12-3-1-8(6-12)2-4-13/h5,7-8,13H,1-4,6,11H2. The second kappa shape index (κ2) is 4.93. The van der Waals surface area contributed by atoms with E-state index < -0.39 is 10.0 Å². The molecule has 0 bridgehead atoms.